The van der Waals surface area contributed by atoms with E-state index in [1.807, 2.05) is 18.2 Å². The van der Waals surface area contributed by atoms with E-state index in [0.29, 0.717) is 0 Å². The molecule has 0 saturated carbocycles. The summed E-state index contributed by atoms with van der Waals surface area (Å²) in [5, 5.41) is 6.08. The van der Waals surface area contributed by atoms with Gasteiger partial charge in [-0.1, -0.05) is 35.9 Å². The Hall–Kier alpha value is -1.11. The van der Waals surface area contributed by atoms with Gasteiger partial charge in [-0.05, 0) is 20.1 Å². The molecule has 54 valence electrons. The number of aryl methyl sites for hydroxylation is 1. The Kier molecular flexibility index (Phi) is 5.35. The van der Waals surface area contributed by atoms with Crippen molar-refractivity contribution in [1.82, 2.24) is 0 Å². The molecule has 0 aliphatic heterocycles. The lowest BCUT2D eigenvalue weighted by Crippen LogP contribution is -1.62. The van der Waals surface area contributed by atoms with Crippen LogP contribution < -0.4 is 0 Å². The van der Waals surface area contributed by atoms with E-state index in [4.69, 9.17) is 5.41 Å². The topological polar surface area (TPSA) is 23.9 Å². The summed E-state index contributed by atoms with van der Waals surface area (Å²) in [6.07, 6.45) is 1.25. The Morgan fingerprint density at radius 2 is 1.60 bits per heavy atom. The quantitative estimate of drug-likeness (QED) is 0.529. The molecule has 0 spiro atoms. The Balaban J connectivity index is 0.000000236. The molecule has 0 bridgehead atoms. The van der Waals surface area contributed by atoms with Gasteiger partial charge in [0.05, 0.1) is 0 Å². The largest absolute Gasteiger partial charge is 0.313 e. The zero-order chi connectivity index (χ0) is 7.82. The lowest BCUT2D eigenvalue weighted by molar-refractivity contribution is 1.48. The first kappa shape index (κ1) is 8.89. The minimum atomic E-state index is 1.25. The summed E-state index contributed by atoms with van der Waals surface area (Å²) >= 11 is 0. The third-order valence-electron chi connectivity index (χ3n) is 0.940. The van der Waals surface area contributed by atoms with Crippen LogP contribution in [-0.2, 0) is 0 Å². The predicted molar refractivity (Wildman–Crippen MR) is 45.6 cm³/mol. The maximum atomic E-state index is 6.08. The van der Waals surface area contributed by atoms with Crippen molar-refractivity contribution in [3.63, 3.8) is 0 Å². The Morgan fingerprint density at radius 3 is 1.80 bits per heavy atom. The van der Waals surface area contributed by atoms with Crippen molar-refractivity contribution >= 4 is 6.21 Å². The highest BCUT2D eigenvalue weighted by Crippen LogP contribution is 1.92. The van der Waals surface area contributed by atoms with E-state index >= 15 is 0 Å². The molecular formula is C9H13N. The fraction of sp³-hybridized carbons (Fsp3) is 0.222. The van der Waals surface area contributed by atoms with E-state index in [1.54, 1.807) is 6.92 Å². The van der Waals surface area contributed by atoms with E-state index < -0.39 is 0 Å². The molecule has 0 radical (unpaired) electrons. The average Bonchev–Trinajstić information content (AvgIpc) is 1.91. The van der Waals surface area contributed by atoms with E-state index in [-0.39, 0.29) is 0 Å². The molecule has 1 rings (SSSR count). The standard InChI is InChI=1S/C7H8.C2H5N/c1-7-5-3-2-4-6-7;1-2-3/h2-6H,1H3;2-3H,1H3. The molecule has 0 saturated heterocycles. The molecule has 0 aliphatic rings. The molecule has 0 aliphatic carbocycles. The van der Waals surface area contributed by atoms with E-state index in [9.17, 15) is 0 Å². The summed E-state index contributed by atoms with van der Waals surface area (Å²) in [6.45, 7) is 3.75. The Bertz CT molecular complexity index is 167. The van der Waals surface area contributed by atoms with Crippen molar-refractivity contribution in [3.05, 3.63) is 35.9 Å². The van der Waals surface area contributed by atoms with Crippen molar-refractivity contribution in [2.45, 2.75) is 13.8 Å². The van der Waals surface area contributed by atoms with Crippen LogP contribution in [0.3, 0.4) is 0 Å². The summed E-state index contributed by atoms with van der Waals surface area (Å²) in [5.41, 5.74) is 1.32. The molecule has 0 unspecified atom stereocenters. The van der Waals surface area contributed by atoms with Crippen molar-refractivity contribution in [2.75, 3.05) is 0 Å². The third kappa shape index (κ3) is 5.04. The van der Waals surface area contributed by atoms with Crippen LogP contribution in [0.1, 0.15) is 12.5 Å². The maximum Gasteiger partial charge on any atom is -0.00788 e. The normalized spacial score (nSPS) is 7.40. The summed E-state index contributed by atoms with van der Waals surface area (Å²) in [5.74, 6) is 0. The molecule has 1 nitrogen and oxygen atoms in total. The highest BCUT2D eigenvalue weighted by atomic mass is 14.3. The number of hydrogen-bond donors (Lipinski definition) is 1. The maximum absolute atomic E-state index is 6.08. The van der Waals surface area contributed by atoms with Gasteiger partial charge in [-0.25, -0.2) is 0 Å². The summed E-state index contributed by atoms with van der Waals surface area (Å²) in [6, 6.07) is 10.3. The van der Waals surface area contributed by atoms with E-state index in [0.717, 1.165) is 0 Å². The van der Waals surface area contributed by atoms with Crippen LogP contribution in [0.15, 0.2) is 30.3 Å². The van der Waals surface area contributed by atoms with Gasteiger partial charge >= 0.3 is 0 Å². The van der Waals surface area contributed by atoms with Crippen LogP contribution in [0.2, 0.25) is 0 Å². The van der Waals surface area contributed by atoms with Crippen molar-refractivity contribution < 1.29 is 0 Å². The van der Waals surface area contributed by atoms with Crippen LogP contribution in [0.5, 0.6) is 0 Å². The molecule has 1 aromatic carbocycles. The molecule has 0 amide bonds. The molecule has 10 heavy (non-hydrogen) atoms. The van der Waals surface area contributed by atoms with Crippen LogP contribution in [0.4, 0.5) is 0 Å². The summed E-state index contributed by atoms with van der Waals surface area (Å²) < 4.78 is 0. The average molecular weight is 135 g/mol. The van der Waals surface area contributed by atoms with Crippen LogP contribution in [0, 0.1) is 12.3 Å². The second-order valence-corrected chi connectivity index (χ2v) is 1.94. The zero-order valence-electron chi connectivity index (χ0n) is 6.46. The molecular weight excluding hydrogens is 122 g/mol. The molecule has 0 atom stereocenters. The number of benzene rings is 1. The molecule has 0 heterocycles. The molecule has 1 N–H and O–H groups in total. The van der Waals surface area contributed by atoms with E-state index in [1.165, 1.54) is 11.8 Å². The van der Waals surface area contributed by atoms with Gasteiger partial charge in [0, 0.05) is 0 Å². The van der Waals surface area contributed by atoms with E-state index in [2.05, 4.69) is 19.1 Å². The number of rotatable bonds is 0. The molecule has 1 aromatic rings. The fourth-order valence-corrected chi connectivity index (χ4v) is 0.534. The van der Waals surface area contributed by atoms with Crippen LogP contribution in [0.25, 0.3) is 0 Å². The van der Waals surface area contributed by atoms with Crippen LogP contribution >= 0.6 is 0 Å². The van der Waals surface area contributed by atoms with Gasteiger partial charge in [0.1, 0.15) is 0 Å². The second-order valence-electron chi connectivity index (χ2n) is 1.94. The lowest BCUT2D eigenvalue weighted by Gasteiger charge is -1.82. The number of nitrogens with one attached hydrogen (secondary N) is 1. The minimum absolute atomic E-state index is 1.25. The molecule has 1 heteroatoms. The predicted octanol–water partition coefficient (Wildman–Crippen LogP) is 2.65. The Morgan fingerprint density at radius 1 is 1.20 bits per heavy atom. The molecule has 0 aromatic heterocycles. The van der Waals surface area contributed by atoms with Gasteiger partial charge in [-0.15, -0.1) is 0 Å². The monoisotopic (exact) mass is 135 g/mol. The first-order valence-corrected chi connectivity index (χ1v) is 3.28. The van der Waals surface area contributed by atoms with Gasteiger partial charge in [0.2, 0.25) is 0 Å². The zero-order valence-corrected chi connectivity index (χ0v) is 6.46. The van der Waals surface area contributed by atoms with Gasteiger partial charge < -0.3 is 5.41 Å². The number of hydrogen-bond acceptors (Lipinski definition) is 1. The first-order valence-electron chi connectivity index (χ1n) is 3.28. The highest BCUT2D eigenvalue weighted by Gasteiger charge is 1.72. The van der Waals surface area contributed by atoms with Gasteiger partial charge in [-0.3, -0.25) is 0 Å². The van der Waals surface area contributed by atoms with Gasteiger partial charge in [0.25, 0.3) is 0 Å². The van der Waals surface area contributed by atoms with Gasteiger partial charge in [-0.2, -0.15) is 0 Å². The van der Waals surface area contributed by atoms with Crippen LogP contribution in [-0.4, -0.2) is 6.21 Å². The minimum Gasteiger partial charge on any atom is -0.313 e. The second kappa shape index (κ2) is 6.02. The lowest BCUT2D eigenvalue weighted by atomic mass is 10.2. The highest BCUT2D eigenvalue weighted by molar-refractivity contribution is 5.48. The van der Waals surface area contributed by atoms with Crippen molar-refractivity contribution in [2.24, 2.45) is 0 Å². The van der Waals surface area contributed by atoms with Crippen molar-refractivity contribution in [3.8, 4) is 0 Å². The molecule has 0 fully saturated rings. The first-order chi connectivity index (χ1) is 4.81. The summed E-state index contributed by atoms with van der Waals surface area (Å²) in [4.78, 5) is 0. The van der Waals surface area contributed by atoms with Crippen molar-refractivity contribution in [1.29, 1.82) is 5.41 Å². The third-order valence-corrected chi connectivity index (χ3v) is 0.940. The summed E-state index contributed by atoms with van der Waals surface area (Å²) in [7, 11) is 0. The SMILES string of the molecule is CC=N.Cc1ccccc1. The van der Waals surface area contributed by atoms with Gasteiger partial charge in [0.15, 0.2) is 0 Å². The Labute approximate surface area is 62.2 Å². The fourth-order valence-electron chi connectivity index (χ4n) is 0.534. The smallest absolute Gasteiger partial charge is 0.00788 e.